The Bertz CT molecular complexity index is 1200. The van der Waals surface area contributed by atoms with Crippen molar-refractivity contribution < 1.29 is 18.3 Å². The van der Waals surface area contributed by atoms with Crippen molar-refractivity contribution in [3.05, 3.63) is 58.4 Å². The minimum absolute atomic E-state index is 0.00939. The van der Waals surface area contributed by atoms with Gasteiger partial charge in [0.25, 0.3) is 0 Å². The molecule has 0 bridgehead atoms. The zero-order valence-electron chi connectivity index (χ0n) is 18.3. The summed E-state index contributed by atoms with van der Waals surface area (Å²) in [5.74, 6) is -1.39. The van der Waals surface area contributed by atoms with Crippen molar-refractivity contribution in [3.8, 4) is 0 Å². The summed E-state index contributed by atoms with van der Waals surface area (Å²) in [5, 5.41) is 0.388. The molecule has 2 N–H and O–H groups in total. The van der Waals surface area contributed by atoms with Gasteiger partial charge in [-0.2, -0.15) is 0 Å². The van der Waals surface area contributed by atoms with Crippen LogP contribution in [0.15, 0.2) is 35.6 Å². The highest BCUT2D eigenvalue weighted by Gasteiger charge is 2.71. The van der Waals surface area contributed by atoms with Crippen LogP contribution < -0.4 is 5.73 Å². The summed E-state index contributed by atoms with van der Waals surface area (Å²) in [4.78, 5) is 27.6. The molecule has 2 fully saturated rings. The Labute approximate surface area is 204 Å². The number of nitrogens with two attached hydrogens (primary N) is 1. The summed E-state index contributed by atoms with van der Waals surface area (Å²) in [6.45, 7) is 3.80. The van der Waals surface area contributed by atoms with Crippen LogP contribution in [0.25, 0.3) is 11.9 Å². The van der Waals surface area contributed by atoms with Gasteiger partial charge in [-0.25, -0.2) is 18.7 Å². The topological polar surface area (TPSA) is 93.7 Å². The number of nitrogens with zero attached hydrogens (tertiary/aromatic N) is 4. The molecule has 0 unspecified atom stereocenters. The lowest BCUT2D eigenvalue weighted by atomic mass is 9.84. The molecule has 0 radical (unpaired) electrons. The number of carbonyl (C=O) groups excluding carboxylic acids is 1. The number of halogens is 3. The van der Waals surface area contributed by atoms with Gasteiger partial charge in [-0.05, 0) is 37.1 Å². The third-order valence-corrected chi connectivity index (χ3v) is 8.06. The van der Waals surface area contributed by atoms with Gasteiger partial charge in [-0.15, -0.1) is 0 Å². The van der Waals surface area contributed by atoms with E-state index in [1.54, 1.807) is 17.9 Å². The predicted octanol–water partition coefficient (Wildman–Crippen LogP) is 3.63. The Kier molecular flexibility index (Phi) is 5.86. The first-order valence-corrected chi connectivity index (χ1v) is 12.0. The Morgan fingerprint density at radius 3 is 2.79 bits per heavy atom. The van der Waals surface area contributed by atoms with E-state index in [1.165, 1.54) is 42.4 Å². The first-order valence-electron chi connectivity index (χ1n) is 10.8. The highest BCUT2D eigenvalue weighted by molar-refractivity contribution is 8.15. The SMILES string of the molecule is C[C@]1(c2cc(C=C(F)c3cnc(Cl)cn3)ccc2F)N=C(N)S[C@@]2(C(=O)N3CCOCC3)C[C@H]21. The summed E-state index contributed by atoms with van der Waals surface area (Å²) in [6.07, 6.45) is 4.24. The quantitative estimate of drug-likeness (QED) is 0.682. The van der Waals surface area contributed by atoms with Crippen LogP contribution in [0.2, 0.25) is 5.15 Å². The summed E-state index contributed by atoms with van der Waals surface area (Å²) in [5.41, 5.74) is 5.80. The van der Waals surface area contributed by atoms with Gasteiger partial charge < -0.3 is 15.4 Å². The fraction of sp³-hybridized carbons (Fsp3) is 0.391. The molecule has 34 heavy (non-hydrogen) atoms. The number of fused-ring (bicyclic) bond motifs is 1. The average Bonchev–Trinajstić information content (AvgIpc) is 3.57. The standard InChI is InChI=1S/C23H22ClF2N5O2S/c1-22(18-10-23(18,34-21(27)30-22)20(32)31-4-6-33-7-5-31)14-8-13(2-3-15(14)25)9-16(26)17-11-29-19(24)12-28-17/h2-3,8-9,11-12,18H,4-7,10H2,1H3,(H2,27,30)/t18-,22+,23-/m0/s1. The second-order valence-corrected chi connectivity index (χ2v) is 10.4. The largest absolute Gasteiger partial charge is 0.378 e. The maximum atomic E-state index is 15.1. The number of thioether (sulfide) groups is 1. The molecule has 7 nitrogen and oxygen atoms in total. The number of amidine groups is 1. The smallest absolute Gasteiger partial charge is 0.239 e. The van der Waals surface area contributed by atoms with Crippen molar-refractivity contribution in [3.63, 3.8) is 0 Å². The minimum Gasteiger partial charge on any atom is -0.378 e. The van der Waals surface area contributed by atoms with Gasteiger partial charge in [-0.1, -0.05) is 29.4 Å². The van der Waals surface area contributed by atoms with E-state index in [4.69, 9.17) is 22.1 Å². The molecule has 3 heterocycles. The molecule has 1 saturated carbocycles. The second kappa shape index (κ2) is 8.58. The molecule has 0 spiro atoms. The summed E-state index contributed by atoms with van der Waals surface area (Å²) in [6, 6.07) is 4.29. The lowest BCUT2D eigenvalue weighted by molar-refractivity contribution is -0.135. The maximum absolute atomic E-state index is 15.1. The van der Waals surface area contributed by atoms with E-state index in [0.29, 0.717) is 38.3 Å². The van der Waals surface area contributed by atoms with Crippen LogP contribution in [-0.4, -0.2) is 57.0 Å². The van der Waals surface area contributed by atoms with Gasteiger partial charge >= 0.3 is 0 Å². The maximum Gasteiger partial charge on any atom is 0.239 e. The predicted molar refractivity (Wildman–Crippen MR) is 127 cm³/mol. The molecule has 1 saturated heterocycles. The van der Waals surface area contributed by atoms with Crippen molar-refractivity contribution >= 4 is 46.3 Å². The van der Waals surface area contributed by atoms with E-state index in [2.05, 4.69) is 15.0 Å². The van der Waals surface area contributed by atoms with E-state index >= 15 is 4.39 Å². The Morgan fingerprint density at radius 2 is 2.09 bits per heavy atom. The third-order valence-electron chi connectivity index (χ3n) is 6.57. The summed E-state index contributed by atoms with van der Waals surface area (Å²) in [7, 11) is 0. The van der Waals surface area contributed by atoms with Crippen LogP contribution in [0.1, 0.15) is 30.2 Å². The van der Waals surface area contributed by atoms with Gasteiger partial charge in [0.2, 0.25) is 5.91 Å². The number of aliphatic imine (C=N–C) groups is 1. The molecule has 11 heteroatoms. The van der Waals surface area contributed by atoms with Crippen molar-refractivity contribution in [1.82, 2.24) is 14.9 Å². The number of hydrogen-bond acceptors (Lipinski definition) is 7. The molecule has 1 aromatic carbocycles. The Balaban J connectivity index is 1.48. The number of amides is 1. The molecule has 178 valence electrons. The third kappa shape index (κ3) is 3.97. The number of aromatic nitrogens is 2. The van der Waals surface area contributed by atoms with Crippen molar-refractivity contribution in [1.29, 1.82) is 0 Å². The molecule has 1 amide bonds. The van der Waals surface area contributed by atoms with Crippen molar-refractivity contribution in [2.24, 2.45) is 16.6 Å². The minimum atomic E-state index is -1.07. The van der Waals surface area contributed by atoms with Gasteiger partial charge in [0.15, 0.2) is 11.0 Å². The molecule has 2 aromatic rings. The summed E-state index contributed by atoms with van der Waals surface area (Å²) < 4.78 is 34.5. The molecule has 2 aliphatic heterocycles. The average molecular weight is 506 g/mol. The highest BCUT2D eigenvalue weighted by Crippen LogP contribution is 2.66. The number of benzene rings is 1. The van der Waals surface area contributed by atoms with Crippen LogP contribution in [0.3, 0.4) is 0 Å². The van der Waals surface area contributed by atoms with E-state index in [9.17, 15) is 9.18 Å². The first kappa shape index (κ1) is 23.2. The number of morpholine rings is 1. The lowest BCUT2D eigenvalue weighted by Gasteiger charge is -2.36. The van der Waals surface area contributed by atoms with Crippen molar-refractivity contribution in [2.45, 2.75) is 23.6 Å². The first-order chi connectivity index (χ1) is 16.2. The fourth-order valence-electron chi connectivity index (χ4n) is 4.76. The lowest BCUT2D eigenvalue weighted by Crippen LogP contribution is -2.49. The van der Waals surface area contributed by atoms with E-state index in [1.807, 2.05) is 0 Å². The van der Waals surface area contributed by atoms with Gasteiger partial charge in [0, 0.05) is 24.6 Å². The zero-order chi connectivity index (χ0) is 24.1. The second-order valence-electron chi connectivity index (χ2n) is 8.71. The highest BCUT2D eigenvalue weighted by atomic mass is 35.5. The van der Waals surface area contributed by atoms with Crippen LogP contribution in [0.5, 0.6) is 0 Å². The number of hydrogen-bond donors (Lipinski definition) is 1. The van der Waals surface area contributed by atoms with Crippen LogP contribution in [0.4, 0.5) is 8.78 Å². The fourth-order valence-corrected chi connectivity index (χ4v) is 6.31. The summed E-state index contributed by atoms with van der Waals surface area (Å²) >= 11 is 6.97. The number of ether oxygens (including phenoxy) is 1. The Morgan fingerprint density at radius 1 is 1.32 bits per heavy atom. The molecule has 3 aliphatic rings. The Hall–Kier alpha value is -2.56. The van der Waals surface area contributed by atoms with E-state index in [0.717, 1.165) is 0 Å². The van der Waals surface area contributed by atoms with Crippen LogP contribution >= 0.6 is 23.4 Å². The molecule has 5 rings (SSSR count). The number of rotatable bonds is 4. The van der Waals surface area contributed by atoms with Crippen LogP contribution in [0, 0.1) is 11.7 Å². The molecular formula is C23H22ClF2N5O2S. The van der Waals surface area contributed by atoms with Gasteiger partial charge in [0.05, 0.1) is 31.1 Å². The van der Waals surface area contributed by atoms with E-state index < -0.39 is 21.9 Å². The van der Waals surface area contributed by atoms with Gasteiger partial charge in [0.1, 0.15) is 21.4 Å². The molecule has 1 aromatic heterocycles. The normalized spacial score (nSPS) is 28.8. The number of carbonyl (C=O) groups is 1. The monoisotopic (exact) mass is 505 g/mol. The van der Waals surface area contributed by atoms with Crippen molar-refractivity contribution in [2.75, 3.05) is 26.3 Å². The van der Waals surface area contributed by atoms with Crippen LogP contribution in [-0.2, 0) is 15.1 Å². The molecule has 1 aliphatic carbocycles. The molecular weight excluding hydrogens is 484 g/mol. The van der Waals surface area contributed by atoms with E-state index in [-0.39, 0.29) is 33.4 Å². The zero-order valence-corrected chi connectivity index (χ0v) is 19.9. The van der Waals surface area contributed by atoms with Gasteiger partial charge in [-0.3, -0.25) is 9.79 Å². The molecule has 3 atom stereocenters.